The van der Waals surface area contributed by atoms with Gasteiger partial charge < -0.3 is 9.84 Å². The standard InChI is InChI=1S/C15H24O2/c1-14(2)7-4-8-15(3)11(14)6-5-10-9-17-13(16)12(10)15/h5,11-13,16H,4,6-9H2,1-3H3/t11-,12-,13-,15+/m1/s1. The molecule has 0 aromatic carbocycles. The van der Waals surface area contributed by atoms with E-state index in [1.54, 1.807) is 0 Å². The van der Waals surface area contributed by atoms with Crippen LogP contribution in [0.1, 0.15) is 46.5 Å². The van der Waals surface area contributed by atoms with Gasteiger partial charge in [-0.15, -0.1) is 0 Å². The first-order valence-corrected chi connectivity index (χ1v) is 6.94. The van der Waals surface area contributed by atoms with Crippen LogP contribution in [-0.4, -0.2) is 18.0 Å². The van der Waals surface area contributed by atoms with E-state index in [9.17, 15) is 5.11 Å². The van der Waals surface area contributed by atoms with E-state index >= 15 is 0 Å². The van der Waals surface area contributed by atoms with Crippen LogP contribution in [0.25, 0.3) is 0 Å². The van der Waals surface area contributed by atoms with Crippen LogP contribution in [0.4, 0.5) is 0 Å². The van der Waals surface area contributed by atoms with Crippen LogP contribution in [0.3, 0.4) is 0 Å². The molecule has 2 aliphatic carbocycles. The second-order valence-corrected chi connectivity index (χ2v) is 7.09. The minimum absolute atomic E-state index is 0.238. The van der Waals surface area contributed by atoms with Crippen molar-refractivity contribution in [2.45, 2.75) is 52.7 Å². The van der Waals surface area contributed by atoms with Crippen molar-refractivity contribution < 1.29 is 9.84 Å². The largest absolute Gasteiger partial charge is 0.367 e. The predicted octanol–water partition coefficient (Wildman–Crippen LogP) is 3.11. The third kappa shape index (κ3) is 1.53. The van der Waals surface area contributed by atoms with Gasteiger partial charge in [0.15, 0.2) is 6.29 Å². The number of hydrogen-bond acceptors (Lipinski definition) is 2. The zero-order chi connectivity index (χ0) is 12.3. The van der Waals surface area contributed by atoms with Crippen molar-refractivity contribution in [1.29, 1.82) is 0 Å². The molecule has 0 bridgehead atoms. The lowest BCUT2D eigenvalue weighted by Gasteiger charge is -2.56. The van der Waals surface area contributed by atoms with Gasteiger partial charge in [0, 0.05) is 5.92 Å². The van der Waals surface area contributed by atoms with Crippen molar-refractivity contribution >= 4 is 0 Å². The van der Waals surface area contributed by atoms with E-state index in [1.165, 1.54) is 31.3 Å². The Morgan fingerprint density at radius 1 is 1.29 bits per heavy atom. The number of rotatable bonds is 0. The topological polar surface area (TPSA) is 29.5 Å². The van der Waals surface area contributed by atoms with E-state index in [0.29, 0.717) is 17.9 Å². The molecule has 0 unspecified atom stereocenters. The van der Waals surface area contributed by atoms with E-state index in [2.05, 4.69) is 26.8 Å². The minimum atomic E-state index is -0.567. The normalized spacial score (nSPS) is 48.2. The van der Waals surface area contributed by atoms with Crippen LogP contribution >= 0.6 is 0 Å². The Morgan fingerprint density at radius 3 is 2.82 bits per heavy atom. The van der Waals surface area contributed by atoms with Crippen LogP contribution in [0.2, 0.25) is 0 Å². The third-order valence-corrected chi connectivity index (χ3v) is 5.71. The summed E-state index contributed by atoms with van der Waals surface area (Å²) in [7, 11) is 0. The van der Waals surface area contributed by atoms with Gasteiger partial charge in [-0.3, -0.25) is 0 Å². The fourth-order valence-electron chi connectivity index (χ4n) is 4.88. The van der Waals surface area contributed by atoms with Gasteiger partial charge in [0.2, 0.25) is 0 Å². The molecule has 3 rings (SSSR count). The highest BCUT2D eigenvalue weighted by atomic mass is 16.6. The lowest BCUT2D eigenvalue weighted by atomic mass is 9.49. The quantitative estimate of drug-likeness (QED) is 0.655. The Bertz CT molecular complexity index is 358. The smallest absolute Gasteiger partial charge is 0.162 e. The first-order valence-electron chi connectivity index (χ1n) is 6.94. The van der Waals surface area contributed by atoms with Crippen molar-refractivity contribution in [3.8, 4) is 0 Å². The molecule has 17 heavy (non-hydrogen) atoms. The van der Waals surface area contributed by atoms with E-state index in [1.807, 2.05) is 0 Å². The number of hydrogen-bond donors (Lipinski definition) is 1. The van der Waals surface area contributed by atoms with Crippen LogP contribution in [0.5, 0.6) is 0 Å². The molecule has 0 radical (unpaired) electrons. The van der Waals surface area contributed by atoms with E-state index < -0.39 is 6.29 Å². The van der Waals surface area contributed by atoms with Gasteiger partial charge in [-0.25, -0.2) is 0 Å². The fraction of sp³-hybridized carbons (Fsp3) is 0.867. The Kier molecular flexibility index (Phi) is 2.47. The first-order chi connectivity index (χ1) is 7.95. The minimum Gasteiger partial charge on any atom is -0.367 e. The molecule has 4 atom stereocenters. The van der Waals surface area contributed by atoms with E-state index in [0.717, 1.165) is 0 Å². The summed E-state index contributed by atoms with van der Waals surface area (Å²) in [5.74, 6) is 0.940. The van der Waals surface area contributed by atoms with Crippen LogP contribution < -0.4 is 0 Å². The molecule has 0 aromatic rings. The molecule has 96 valence electrons. The number of aliphatic hydroxyl groups excluding tert-OH is 1. The van der Waals surface area contributed by atoms with Gasteiger partial charge in [0.1, 0.15) is 0 Å². The summed E-state index contributed by atoms with van der Waals surface area (Å²) in [6.07, 6.45) is 6.80. The van der Waals surface area contributed by atoms with Gasteiger partial charge >= 0.3 is 0 Å². The molecule has 1 N–H and O–H groups in total. The van der Waals surface area contributed by atoms with Gasteiger partial charge in [0.05, 0.1) is 6.61 Å². The molecular weight excluding hydrogens is 212 g/mol. The third-order valence-electron chi connectivity index (χ3n) is 5.71. The Labute approximate surface area is 104 Å². The first kappa shape index (κ1) is 11.7. The highest BCUT2D eigenvalue weighted by molar-refractivity contribution is 5.23. The van der Waals surface area contributed by atoms with Gasteiger partial charge in [-0.05, 0) is 41.6 Å². The summed E-state index contributed by atoms with van der Waals surface area (Å²) in [5.41, 5.74) is 1.99. The Balaban J connectivity index is 2.02. The zero-order valence-corrected chi connectivity index (χ0v) is 11.2. The fourth-order valence-corrected chi connectivity index (χ4v) is 4.88. The molecule has 1 saturated carbocycles. The van der Waals surface area contributed by atoms with Crippen molar-refractivity contribution in [2.24, 2.45) is 22.7 Å². The maximum atomic E-state index is 10.1. The molecule has 2 heteroatoms. The average Bonchev–Trinajstić information content (AvgIpc) is 2.60. The summed E-state index contributed by atoms with van der Waals surface area (Å²) in [6.45, 7) is 7.83. The molecular formula is C15H24O2. The van der Waals surface area contributed by atoms with E-state index in [4.69, 9.17) is 4.74 Å². The molecule has 2 fully saturated rings. The summed E-state index contributed by atoms with van der Waals surface area (Å²) in [4.78, 5) is 0. The van der Waals surface area contributed by atoms with Crippen molar-refractivity contribution in [2.75, 3.05) is 6.61 Å². The zero-order valence-electron chi connectivity index (χ0n) is 11.2. The number of aliphatic hydroxyl groups is 1. The Hall–Kier alpha value is -0.340. The average molecular weight is 236 g/mol. The Morgan fingerprint density at radius 2 is 2.06 bits per heavy atom. The predicted molar refractivity (Wildman–Crippen MR) is 67.4 cm³/mol. The molecule has 0 spiro atoms. The number of allylic oxidation sites excluding steroid dienone is 1. The summed E-state index contributed by atoms with van der Waals surface area (Å²) < 4.78 is 5.47. The van der Waals surface area contributed by atoms with Crippen molar-refractivity contribution in [3.05, 3.63) is 11.6 Å². The van der Waals surface area contributed by atoms with Crippen LogP contribution in [0.15, 0.2) is 11.6 Å². The maximum absolute atomic E-state index is 10.1. The number of ether oxygens (including phenoxy) is 1. The molecule has 0 amide bonds. The van der Waals surface area contributed by atoms with Crippen molar-refractivity contribution in [1.82, 2.24) is 0 Å². The molecule has 3 aliphatic rings. The second kappa shape index (κ2) is 3.58. The summed E-state index contributed by atoms with van der Waals surface area (Å²) in [6, 6.07) is 0. The van der Waals surface area contributed by atoms with Gasteiger partial charge in [-0.1, -0.05) is 33.3 Å². The van der Waals surface area contributed by atoms with Gasteiger partial charge in [0.25, 0.3) is 0 Å². The molecule has 1 saturated heterocycles. The highest BCUT2D eigenvalue weighted by Crippen LogP contribution is 2.61. The number of fused-ring (bicyclic) bond motifs is 3. The molecule has 2 nitrogen and oxygen atoms in total. The maximum Gasteiger partial charge on any atom is 0.162 e. The lowest BCUT2D eigenvalue weighted by molar-refractivity contribution is -0.139. The lowest BCUT2D eigenvalue weighted by Crippen LogP contribution is -2.50. The van der Waals surface area contributed by atoms with E-state index in [-0.39, 0.29) is 11.3 Å². The van der Waals surface area contributed by atoms with Crippen molar-refractivity contribution in [3.63, 3.8) is 0 Å². The molecule has 1 aliphatic heterocycles. The van der Waals surface area contributed by atoms with Crippen LogP contribution in [0, 0.1) is 22.7 Å². The monoisotopic (exact) mass is 236 g/mol. The molecule has 1 heterocycles. The van der Waals surface area contributed by atoms with Gasteiger partial charge in [-0.2, -0.15) is 0 Å². The highest BCUT2D eigenvalue weighted by Gasteiger charge is 2.56. The summed E-state index contributed by atoms with van der Waals surface area (Å²) in [5, 5.41) is 10.1. The molecule has 0 aromatic heterocycles. The summed E-state index contributed by atoms with van der Waals surface area (Å²) >= 11 is 0. The SMILES string of the molecule is CC1(C)CCC[C@]2(C)[C@@H]3C(=CC[C@H]12)CO[C@H]3O. The second-order valence-electron chi connectivity index (χ2n) is 7.09. The van der Waals surface area contributed by atoms with Crippen LogP contribution in [-0.2, 0) is 4.74 Å².